The highest BCUT2D eigenvalue weighted by molar-refractivity contribution is 9.10. The van der Waals surface area contributed by atoms with Crippen LogP contribution in [0.2, 0.25) is 0 Å². The lowest BCUT2D eigenvalue weighted by Gasteiger charge is -2.37. The molecule has 1 fully saturated rings. The number of esters is 1. The molecule has 1 saturated heterocycles. The second kappa shape index (κ2) is 6.47. The second-order valence-electron chi connectivity index (χ2n) is 4.29. The highest BCUT2D eigenvalue weighted by Gasteiger charge is 2.36. The summed E-state index contributed by atoms with van der Waals surface area (Å²) in [6.45, 7) is 0.929. The van der Waals surface area contributed by atoms with Crippen molar-refractivity contribution in [3.63, 3.8) is 0 Å². The highest BCUT2D eigenvalue weighted by Crippen LogP contribution is 2.32. The van der Waals surface area contributed by atoms with E-state index in [2.05, 4.69) is 26.1 Å². The number of benzene rings is 1. The molecule has 0 aliphatic carbocycles. The zero-order valence-corrected chi connectivity index (χ0v) is 12.2. The van der Waals surface area contributed by atoms with E-state index in [0.717, 1.165) is 10.0 Å². The van der Waals surface area contributed by atoms with Crippen LogP contribution < -0.4 is 5.48 Å². The summed E-state index contributed by atoms with van der Waals surface area (Å²) >= 11 is 3.45. The van der Waals surface area contributed by atoms with Crippen molar-refractivity contribution in [2.45, 2.75) is 12.0 Å². The Morgan fingerprint density at radius 3 is 3.05 bits per heavy atom. The van der Waals surface area contributed by atoms with Crippen LogP contribution in [-0.2, 0) is 24.7 Å². The molecule has 19 heavy (non-hydrogen) atoms. The van der Waals surface area contributed by atoms with Gasteiger partial charge in [0.25, 0.3) is 0 Å². The number of rotatable bonds is 4. The van der Waals surface area contributed by atoms with Gasteiger partial charge in [0.15, 0.2) is 0 Å². The van der Waals surface area contributed by atoms with Crippen LogP contribution >= 0.6 is 15.9 Å². The lowest BCUT2D eigenvalue weighted by molar-refractivity contribution is -0.167. The van der Waals surface area contributed by atoms with Gasteiger partial charge in [-0.15, -0.1) is 0 Å². The average Bonchev–Trinajstić information content (AvgIpc) is 2.46. The highest BCUT2D eigenvalue weighted by atomic mass is 79.9. The average molecular weight is 330 g/mol. The summed E-state index contributed by atoms with van der Waals surface area (Å²) in [6.07, 6.45) is 0.674. The minimum Gasteiger partial charge on any atom is -0.467 e. The van der Waals surface area contributed by atoms with Gasteiger partial charge in [0.05, 0.1) is 20.3 Å². The first kappa shape index (κ1) is 14.5. The Bertz CT molecular complexity index is 446. The van der Waals surface area contributed by atoms with Crippen molar-refractivity contribution >= 4 is 21.9 Å². The Balaban J connectivity index is 2.21. The number of halogens is 1. The molecule has 1 aliphatic heterocycles. The van der Waals surface area contributed by atoms with Gasteiger partial charge in [0.1, 0.15) is 12.2 Å². The number of hydroxylamine groups is 1. The quantitative estimate of drug-likeness (QED) is 0.853. The van der Waals surface area contributed by atoms with Gasteiger partial charge in [-0.1, -0.05) is 28.1 Å². The molecule has 0 bridgehead atoms. The maximum absolute atomic E-state index is 11.3. The molecule has 6 heteroatoms. The number of carbonyl (C=O) groups excluding carboxylic acids is 1. The Labute approximate surface area is 120 Å². The molecule has 1 unspecified atom stereocenters. The van der Waals surface area contributed by atoms with Crippen LogP contribution in [0.3, 0.4) is 0 Å². The fourth-order valence-electron chi connectivity index (χ4n) is 2.02. The summed E-state index contributed by atoms with van der Waals surface area (Å²) in [6, 6.07) is 7.86. The number of hydrogen-bond acceptors (Lipinski definition) is 5. The Morgan fingerprint density at radius 1 is 1.58 bits per heavy atom. The molecule has 5 nitrogen and oxygen atoms in total. The predicted octanol–water partition coefficient (Wildman–Crippen LogP) is 1.76. The summed E-state index contributed by atoms with van der Waals surface area (Å²) in [7, 11) is 1.35. The van der Waals surface area contributed by atoms with Crippen LogP contribution in [0.15, 0.2) is 28.7 Å². The maximum Gasteiger partial charge on any atom is 0.331 e. The van der Waals surface area contributed by atoms with Gasteiger partial charge in [-0.25, -0.2) is 4.79 Å². The van der Waals surface area contributed by atoms with Crippen molar-refractivity contribution in [3.8, 4) is 0 Å². The van der Waals surface area contributed by atoms with Crippen LogP contribution in [0.25, 0.3) is 0 Å². The van der Waals surface area contributed by atoms with Gasteiger partial charge in [0.2, 0.25) is 0 Å². The van der Waals surface area contributed by atoms with E-state index < -0.39 is 5.60 Å². The fraction of sp³-hybridized carbons (Fsp3) is 0.462. The first-order chi connectivity index (χ1) is 9.16. The normalized spacial score (nSPS) is 23.1. The van der Waals surface area contributed by atoms with E-state index in [-0.39, 0.29) is 12.6 Å². The lowest BCUT2D eigenvalue weighted by atomic mass is 9.90. The number of methoxy groups -OCH3 is 1. The van der Waals surface area contributed by atoms with Crippen molar-refractivity contribution in [1.29, 1.82) is 0 Å². The molecule has 1 N–H and O–H groups in total. The van der Waals surface area contributed by atoms with E-state index in [1.54, 1.807) is 0 Å². The summed E-state index contributed by atoms with van der Waals surface area (Å²) in [4.78, 5) is 16.4. The molecule has 1 aromatic rings. The van der Waals surface area contributed by atoms with E-state index >= 15 is 0 Å². The van der Waals surface area contributed by atoms with Gasteiger partial charge in [-0.2, -0.15) is 5.48 Å². The van der Waals surface area contributed by atoms with Gasteiger partial charge in [0, 0.05) is 10.9 Å². The number of carbonyl (C=O) groups is 1. The summed E-state index contributed by atoms with van der Waals surface area (Å²) < 4.78 is 11.4. The van der Waals surface area contributed by atoms with Crippen molar-refractivity contribution in [1.82, 2.24) is 5.48 Å². The zero-order valence-electron chi connectivity index (χ0n) is 10.6. The van der Waals surface area contributed by atoms with E-state index in [9.17, 15) is 4.79 Å². The number of ether oxygens (including phenoxy) is 2. The first-order valence-electron chi connectivity index (χ1n) is 5.98. The number of nitrogens with one attached hydrogen (secondary N) is 1. The predicted molar refractivity (Wildman–Crippen MR) is 72.4 cm³/mol. The molecule has 0 spiro atoms. The molecule has 0 amide bonds. The Hall–Kier alpha value is -0.950. The monoisotopic (exact) mass is 329 g/mol. The number of hydrogen-bond donors (Lipinski definition) is 1. The molecule has 104 valence electrons. The minimum atomic E-state index is -0.573. The van der Waals surface area contributed by atoms with Gasteiger partial charge >= 0.3 is 5.97 Å². The molecule has 2 rings (SSSR count). The summed E-state index contributed by atoms with van der Waals surface area (Å²) in [5, 5.41) is 0. The standard InChI is InChI=1S/C13H16BrNO4/c1-17-12(16)8-18-13(5-6-19-15-9-13)10-3-2-4-11(14)7-10/h2-4,7,15H,5-6,8-9H2,1H3. The largest absolute Gasteiger partial charge is 0.467 e. The van der Waals surface area contributed by atoms with Crippen LogP contribution in [-0.4, -0.2) is 32.8 Å². The molecule has 1 aliphatic rings. The summed E-state index contributed by atoms with van der Waals surface area (Å²) in [5.41, 5.74) is 3.27. The summed E-state index contributed by atoms with van der Waals surface area (Å²) in [5.74, 6) is -0.388. The van der Waals surface area contributed by atoms with Crippen LogP contribution in [0.5, 0.6) is 0 Å². The molecule has 0 aromatic heterocycles. The Morgan fingerprint density at radius 2 is 2.42 bits per heavy atom. The van der Waals surface area contributed by atoms with Crippen LogP contribution in [0.4, 0.5) is 0 Å². The van der Waals surface area contributed by atoms with Crippen molar-refractivity contribution in [2.24, 2.45) is 0 Å². The molecule has 0 saturated carbocycles. The minimum absolute atomic E-state index is 0.0787. The third kappa shape index (κ3) is 3.54. The van der Waals surface area contributed by atoms with Gasteiger partial charge in [-0.05, 0) is 17.7 Å². The molecular weight excluding hydrogens is 314 g/mol. The third-order valence-corrected chi connectivity index (χ3v) is 3.61. The zero-order chi connectivity index (χ0) is 13.7. The van der Waals surface area contributed by atoms with E-state index in [4.69, 9.17) is 9.57 Å². The van der Waals surface area contributed by atoms with E-state index in [1.165, 1.54) is 7.11 Å². The van der Waals surface area contributed by atoms with E-state index in [1.807, 2.05) is 24.3 Å². The van der Waals surface area contributed by atoms with E-state index in [0.29, 0.717) is 19.6 Å². The molecular formula is C13H16BrNO4. The molecule has 1 aromatic carbocycles. The van der Waals surface area contributed by atoms with Crippen LogP contribution in [0.1, 0.15) is 12.0 Å². The maximum atomic E-state index is 11.3. The Kier molecular flexibility index (Phi) is 4.93. The lowest BCUT2D eigenvalue weighted by Crippen LogP contribution is -2.47. The van der Waals surface area contributed by atoms with Gasteiger partial charge in [-0.3, -0.25) is 0 Å². The van der Waals surface area contributed by atoms with Gasteiger partial charge < -0.3 is 14.3 Å². The molecule has 0 radical (unpaired) electrons. The SMILES string of the molecule is COC(=O)COC1(c2cccc(Br)c2)CCONC1. The third-order valence-electron chi connectivity index (χ3n) is 3.11. The van der Waals surface area contributed by atoms with Crippen molar-refractivity contribution in [2.75, 3.05) is 26.9 Å². The second-order valence-corrected chi connectivity index (χ2v) is 5.20. The van der Waals surface area contributed by atoms with Crippen molar-refractivity contribution < 1.29 is 19.1 Å². The fourth-order valence-corrected chi connectivity index (χ4v) is 2.42. The van der Waals surface area contributed by atoms with Crippen LogP contribution in [0, 0.1) is 0 Å². The topological polar surface area (TPSA) is 56.8 Å². The molecule has 1 atom stereocenters. The first-order valence-corrected chi connectivity index (χ1v) is 6.77. The molecule has 1 heterocycles. The smallest absolute Gasteiger partial charge is 0.331 e. The van der Waals surface area contributed by atoms with Crippen molar-refractivity contribution in [3.05, 3.63) is 34.3 Å².